The van der Waals surface area contributed by atoms with Gasteiger partial charge in [-0.05, 0) is 31.9 Å². The lowest BCUT2D eigenvalue weighted by molar-refractivity contribution is -0.0427. The predicted octanol–water partition coefficient (Wildman–Crippen LogP) is 2.44. The third kappa shape index (κ3) is 3.16. The number of aryl methyl sites for hydroxylation is 1. The summed E-state index contributed by atoms with van der Waals surface area (Å²) in [5, 5.41) is 0. The topological polar surface area (TPSA) is 60.6 Å². The van der Waals surface area contributed by atoms with Gasteiger partial charge < -0.3 is 13.9 Å². The molecule has 2 aromatic heterocycles. The molecule has 0 saturated carbocycles. The van der Waals surface area contributed by atoms with Crippen molar-refractivity contribution in [3.8, 4) is 6.01 Å². The van der Waals surface area contributed by atoms with Crippen LogP contribution in [0.1, 0.15) is 24.1 Å². The zero-order valence-electron chi connectivity index (χ0n) is 14.0. The van der Waals surface area contributed by atoms with Crippen LogP contribution in [0.15, 0.2) is 35.3 Å². The Kier molecular flexibility index (Phi) is 4.24. The largest absolute Gasteiger partial charge is 0.472 e. The molecule has 2 aromatic rings. The first-order valence-electron chi connectivity index (χ1n) is 8.51. The van der Waals surface area contributed by atoms with Crippen LogP contribution in [0.5, 0.6) is 6.01 Å². The second-order valence-electron chi connectivity index (χ2n) is 6.87. The number of rotatable bonds is 5. The number of hydrogen-bond acceptors (Lipinski definition) is 6. The van der Waals surface area contributed by atoms with E-state index in [1.54, 1.807) is 12.5 Å². The molecule has 2 atom stereocenters. The minimum absolute atomic E-state index is 0.0229. The van der Waals surface area contributed by atoms with Crippen LogP contribution in [0.4, 0.5) is 0 Å². The van der Waals surface area contributed by atoms with Crippen molar-refractivity contribution >= 4 is 0 Å². The Labute approximate surface area is 141 Å². The van der Waals surface area contributed by atoms with Gasteiger partial charge in [0.25, 0.3) is 0 Å². The fraction of sp³-hybridized carbons (Fsp3) is 0.556. The lowest BCUT2D eigenvalue weighted by Gasteiger charge is -2.43. The number of ether oxygens (including phenoxy) is 2. The Hall–Kier alpha value is -1.92. The fourth-order valence-corrected chi connectivity index (χ4v) is 3.83. The summed E-state index contributed by atoms with van der Waals surface area (Å²) in [7, 11) is 0. The average molecular weight is 329 g/mol. The molecule has 6 nitrogen and oxygen atoms in total. The molecule has 128 valence electrons. The number of hydrogen-bond donors (Lipinski definition) is 0. The molecule has 0 N–H and O–H groups in total. The van der Waals surface area contributed by atoms with E-state index in [4.69, 9.17) is 13.9 Å². The van der Waals surface area contributed by atoms with Gasteiger partial charge in [0, 0.05) is 49.1 Å². The first kappa shape index (κ1) is 15.6. The van der Waals surface area contributed by atoms with E-state index in [0.717, 1.165) is 44.8 Å². The number of nitrogens with zero attached hydrogens (tertiary/aromatic N) is 3. The molecule has 0 unspecified atom stereocenters. The summed E-state index contributed by atoms with van der Waals surface area (Å²) in [6.45, 7) is 6.27. The molecule has 2 fully saturated rings. The highest BCUT2D eigenvalue weighted by Gasteiger charge is 2.48. The quantitative estimate of drug-likeness (QED) is 0.840. The Balaban J connectivity index is 1.45. The summed E-state index contributed by atoms with van der Waals surface area (Å²) in [6, 6.07) is 4.36. The van der Waals surface area contributed by atoms with Crippen molar-refractivity contribution in [1.29, 1.82) is 0 Å². The number of aromatic nitrogens is 2. The Morgan fingerprint density at radius 2 is 2.38 bits per heavy atom. The van der Waals surface area contributed by atoms with Crippen molar-refractivity contribution in [2.75, 3.05) is 26.3 Å². The van der Waals surface area contributed by atoms with E-state index >= 15 is 0 Å². The second kappa shape index (κ2) is 6.53. The van der Waals surface area contributed by atoms with E-state index in [0.29, 0.717) is 12.6 Å². The Bertz CT molecular complexity index is 676. The highest BCUT2D eigenvalue weighted by Crippen LogP contribution is 2.41. The number of fused-ring (bicyclic) bond motifs is 1. The maximum absolute atomic E-state index is 5.99. The molecule has 0 amide bonds. The zero-order valence-corrected chi connectivity index (χ0v) is 14.0. The third-order valence-corrected chi connectivity index (χ3v) is 5.10. The minimum Gasteiger partial charge on any atom is -0.472 e. The van der Waals surface area contributed by atoms with Gasteiger partial charge in [-0.15, -0.1) is 0 Å². The summed E-state index contributed by atoms with van der Waals surface area (Å²) >= 11 is 0. The van der Waals surface area contributed by atoms with Crippen molar-refractivity contribution in [1.82, 2.24) is 14.9 Å². The van der Waals surface area contributed by atoms with Crippen molar-refractivity contribution < 1.29 is 13.9 Å². The Morgan fingerprint density at radius 3 is 3.21 bits per heavy atom. The van der Waals surface area contributed by atoms with Gasteiger partial charge in [0.15, 0.2) is 0 Å². The van der Waals surface area contributed by atoms with E-state index < -0.39 is 0 Å². The van der Waals surface area contributed by atoms with Crippen LogP contribution in [0.3, 0.4) is 0 Å². The number of piperidine rings is 1. The van der Waals surface area contributed by atoms with E-state index in [-0.39, 0.29) is 11.5 Å². The van der Waals surface area contributed by atoms with Crippen LogP contribution in [0, 0.1) is 12.3 Å². The maximum atomic E-state index is 5.99. The van der Waals surface area contributed by atoms with Crippen LogP contribution in [0.2, 0.25) is 0 Å². The van der Waals surface area contributed by atoms with Gasteiger partial charge >= 0.3 is 6.01 Å². The highest BCUT2D eigenvalue weighted by molar-refractivity contribution is 5.08. The first-order chi connectivity index (χ1) is 11.7. The Morgan fingerprint density at radius 1 is 1.42 bits per heavy atom. The molecule has 4 rings (SSSR count). The van der Waals surface area contributed by atoms with E-state index in [2.05, 4.69) is 14.9 Å². The third-order valence-electron chi connectivity index (χ3n) is 5.10. The first-order valence-corrected chi connectivity index (χ1v) is 8.51. The van der Waals surface area contributed by atoms with E-state index in [9.17, 15) is 0 Å². The number of furan rings is 1. The molecule has 2 aliphatic heterocycles. The van der Waals surface area contributed by atoms with Gasteiger partial charge in [-0.25, -0.2) is 9.97 Å². The van der Waals surface area contributed by atoms with Crippen LogP contribution in [0.25, 0.3) is 0 Å². The summed E-state index contributed by atoms with van der Waals surface area (Å²) in [6.07, 6.45) is 7.61. The second-order valence-corrected chi connectivity index (χ2v) is 6.87. The monoisotopic (exact) mass is 329 g/mol. The molecule has 4 heterocycles. The molecule has 0 aliphatic carbocycles. The summed E-state index contributed by atoms with van der Waals surface area (Å²) in [4.78, 5) is 11.0. The standard InChI is InChI=1S/C18H23N3O3/c1-14-2-6-19-17(20-14)24-13-18-5-9-23-16(18)3-7-21(12-18)10-15-4-8-22-11-15/h2,4,6,8,11,16H,3,5,7,9-10,12-13H2,1H3/t16-,18+/m1/s1. The molecular formula is C18H23N3O3. The molecule has 0 radical (unpaired) electrons. The molecule has 6 heteroatoms. The maximum Gasteiger partial charge on any atom is 0.316 e. The molecule has 2 aliphatic rings. The van der Waals surface area contributed by atoms with Crippen molar-refractivity contribution in [3.05, 3.63) is 42.1 Å². The van der Waals surface area contributed by atoms with Crippen molar-refractivity contribution in [2.45, 2.75) is 32.4 Å². The highest BCUT2D eigenvalue weighted by atomic mass is 16.5. The van der Waals surface area contributed by atoms with Crippen LogP contribution in [-0.2, 0) is 11.3 Å². The van der Waals surface area contributed by atoms with Crippen molar-refractivity contribution in [2.24, 2.45) is 5.41 Å². The van der Waals surface area contributed by atoms with Gasteiger partial charge in [-0.3, -0.25) is 4.90 Å². The van der Waals surface area contributed by atoms with Crippen LogP contribution in [-0.4, -0.2) is 47.3 Å². The SMILES string of the molecule is Cc1ccnc(OC[C@@]23CCO[C@@H]2CCN(Cc2ccoc2)C3)n1. The molecular weight excluding hydrogens is 306 g/mol. The normalized spacial score (nSPS) is 27.1. The lowest BCUT2D eigenvalue weighted by atomic mass is 9.77. The predicted molar refractivity (Wildman–Crippen MR) is 87.7 cm³/mol. The van der Waals surface area contributed by atoms with E-state index in [1.807, 2.05) is 25.3 Å². The van der Waals surface area contributed by atoms with Gasteiger partial charge in [0.2, 0.25) is 0 Å². The van der Waals surface area contributed by atoms with Crippen LogP contribution >= 0.6 is 0 Å². The summed E-state index contributed by atoms with van der Waals surface area (Å²) in [5.41, 5.74) is 2.15. The lowest BCUT2D eigenvalue weighted by Crippen LogP contribution is -2.52. The molecule has 0 aromatic carbocycles. The molecule has 24 heavy (non-hydrogen) atoms. The number of likely N-dealkylation sites (tertiary alicyclic amines) is 1. The van der Waals surface area contributed by atoms with Gasteiger partial charge in [0.1, 0.15) is 6.61 Å². The fourth-order valence-electron chi connectivity index (χ4n) is 3.83. The zero-order chi connectivity index (χ0) is 16.4. The van der Waals surface area contributed by atoms with Crippen LogP contribution < -0.4 is 4.74 Å². The smallest absolute Gasteiger partial charge is 0.316 e. The van der Waals surface area contributed by atoms with Gasteiger partial charge in [-0.1, -0.05) is 0 Å². The summed E-state index contributed by atoms with van der Waals surface area (Å²) < 4.78 is 17.1. The minimum atomic E-state index is 0.0229. The summed E-state index contributed by atoms with van der Waals surface area (Å²) in [5.74, 6) is 0. The van der Waals surface area contributed by atoms with Gasteiger partial charge in [0.05, 0.1) is 18.6 Å². The molecule has 0 bridgehead atoms. The van der Waals surface area contributed by atoms with Crippen molar-refractivity contribution in [3.63, 3.8) is 0 Å². The molecule has 0 spiro atoms. The average Bonchev–Trinajstić information content (AvgIpc) is 3.22. The van der Waals surface area contributed by atoms with Gasteiger partial charge in [-0.2, -0.15) is 0 Å². The van der Waals surface area contributed by atoms with E-state index in [1.165, 1.54) is 5.56 Å². The molecule has 2 saturated heterocycles.